The molecule has 94 valence electrons. The molecule has 0 N–H and O–H groups in total. The molecular weight excluding hydrogens is 236 g/mol. The SMILES string of the molecule is CCC(C)N1C(=O)c2cccc([N+](=O)[O-])c2C1=O. The Labute approximate surface area is 103 Å². The van der Waals surface area contributed by atoms with Gasteiger partial charge in [0, 0.05) is 12.1 Å². The molecular formula is C12H12N2O4. The standard InChI is InChI=1S/C12H12N2O4/c1-3-7(2)13-11(15)8-5-4-6-9(14(17)18)10(8)12(13)16/h4-7H,3H2,1-2H3. The number of amides is 2. The van der Waals surface area contributed by atoms with Crippen LogP contribution < -0.4 is 0 Å². The molecule has 0 fully saturated rings. The van der Waals surface area contributed by atoms with Gasteiger partial charge in [0.1, 0.15) is 5.56 Å². The van der Waals surface area contributed by atoms with Crippen molar-refractivity contribution in [1.82, 2.24) is 4.90 Å². The highest BCUT2D eigenvalue weighted by Gasteiger charge is 2.42. The Kier molecular flexibility index (Phi) is 2.86. The molecule has 0 aromatic heterocycles. The number of nitro benzene ring substituents is 1. The van der Waals surface area contributed by atoms with Crippen LogP contribution in [0.15, 0.2) is 18.2 Å². The summed E-state index contributed by atoms with van der Waals surface area (Å²) in [7, 11) is 0. The molecule has 0 radical (unpaired) electrons. The average Bonchev–Trinajstić information content (AvgIpc) is 2.61. The van der Waals surface area contributed by atoms with Gasteiger partial charge in [-0.05, 0) is 19.4 Å². The number of benzene rings is 1. The molecule has 0 aliphatic carbocycles. The van der Waals surface area contributed by atoms with Crippen LogP contribution in [0.5, 0.6) is 0 Å². The summed E-state index contributed by atoms with van der Waals surface area (Å²) in [4.78, 5) is 35.5. The summed E-state index contributed by atoms with van der Waals surface area (Å²) in [6.07, 6.45) is 0.610. The molecule has 1 aromatic carbocycles. The van der Waals surface area contributed by atoms with Gasteiger partial charge in [-0.2, -0.15) is 0 Å². The van der Waals surface area contributed by atoms with Crippen LogP contribution in [-0.2, 0) is 0 Å². The lowest BCUT2D eigenvalue weighted by Crippen LogP contribution is -2.37. The third kappa shape index (κ3) is 1.57. The number of carbonyl (C=O) groups excluding carboxylic acids is 2. The number of hydrogen-bond acceptors (Lipinski definition) is 4. The van der Waals surface area contributed by atoms with Crippen LogP contribution in [0.25, 0.3) is 0 Å². The predicted octanol–water partition coefficient (Wildman–Crippen LogP) is 1.99. The molecule has 1 heterocycles. The minimum absolute atomic E-state index is 0.0900. The van der Waals surface area contributed by atoms with Crippen LogP contribution in [0.2, 0.25) is 0 Å². The third-order valence-electron chi connectivity index (χ3n) is 3.15. The van der Waals surface area contributed by atoms with E-state index in [1.807, 2.05) is 6.92 Å². The summed E-state index contributed by atoms with van der Waals surface area (Å²) < 4.78 is 0. The van der Waals surface area contributed by atoms with Gasteiger partial charge in [0.05, 0.1) is 10.5 Å². The van der Waals surface area contributed by atoms with Crippen LogP contribution in [0.4, 0.5) is 5.69 Å². The summed E-state index contributed by atoms with van der Waals surface area (Å²) >= 11 is 0. The first-order valence-electron chi connectivity index (χ1n) is 5.64. The summed E-state index contributed by atoms with van der Waals surface area (Å²) in [5, 5.41) is 10.9. The summed E-state index contributed by atoms with van der Waals surface area (Å²) in [5.41, 5.74) is -0.279. The minimum Gasteiger partial charge on any atom is -0.271 e. The molecule has 1 aliphatic rings. The fourth-order valence-electron chi connectivity index (χ4n) is 2.02. The molecule has 1 atom stereocenters. The maximum absolute atomic E-state index is 12.1. The van der Waals surface area contributed by atoms with Gasteiger partial charge in [-0.1, -0.05) is 13.0 Å². The second kappa shape index (κ2) is 4.21. The molecule has 0 spiro atoms. The van der Waals surface area contributed by atoms with E-state index in [0.717, 1.165) is 4.90 Å². The van der Waals surface area contributed by atoms with Gasteiger partial charge in [0.15, 0.2) is 0 Å². The van der Waals surface area contributed by atoms with E-state index in [1.54, 1.807) is 6.92 Å². The highest BCUT2D eigenvalue weighted by molar-refractivity contribution is 6.23. The van der Waals surface area contributed by atoms with E-state index in [4.69, 9.17) is 0 Å². The normalized spacial score (nSPS) is 15.8. The van der Waals surface area contributed by atoms with Crippen LogP contribution in [0.3, 0.4) is 0 Å². The smallest absolute Gasteiger partial charge is 0.271 e. The first-order chi connectivity index (χ1) is 8.49. The van der Waals surface area contributed by atoms with Gasteiger partial charge in [-0.15, -0.1) is 0 Å². The Hall–Kier alpha value is -2.24. The molecule has 2 rings (SSSR count). The van der Waals surface area contributed by atoms with E-state index in [0.29, 0.717) is 6.42 Å². The van der Waals surface area contributed by atoms with Crippen molar-refractivity contribution in [3.63, 3.8) is 0 Å². The van der Waals surface area contributed by atoms with Crippen molar-refractivity contribution in [2.75, 3.05) is 0 Å². The van der Waals surface area contributed by atoms with Crippen molar-refractivity contribution in [1.29, 1.82) is 0 Å². The van der Waals surface area contributed by atoms with Crippen LogP contribution in [-0.4, -0.2) is 27.7 Å². The van der Waals surface area contributed by atoms with Gasteiger partial charge >= 0.3 is 0 Å². The van der Waals surface area contributed by atoms with Crippen LogP contribution >= 0.6 is 0 Å². The zero-order chi connectivity index (χ0) is 13.4. The zero-order valence-corrected chi connectivity index (χ0v) is 10.0. The number of nitro groups is 1. The number of nitrogens with zero attached hydrogens (tertiary/aromatic N) is 2. The molecule has 1 unspecified atom stereocenters. The van der Waals surface area contributed by atoms with Gasteiger partial charge in [-0.3, -0.25) is 24.6 Å². The molecule has 18 heavy (non-hydrogen) atoms. The van der Waals surface area contributed by atoms with E-state index in [2.05, 4.69) is 0 Å². The van der Waals surface area contributed by atoms with E-state index >= 15 is 0 Å². The lowest BCUT2D eigenvalue weighted by Gasteiger charge is -2.20. The predicted molar refractivity (Wildman–Crippen MR) is 63.3 cm³/mol. The van der Waals surface area contributed by atoms with E-state index in [-0.39, 0.29) is 22.9 Å². The van der Waals surface area contributed by atoms with Crippen molar-refractivity contribution in [3.8, 4) is 0 Å². The Morgan fingerprint density at radius 2 is 2.00 bits per heavy atom. The van der Waals surface area contributed by atoms with Gasteiger partial charge < -0.3 is 0 Å². The van der Waals surface area contributed by atoms with Crippen LogP contribution in [0, 0.1) is 10.1 Å². The Bertz CT molecular complexity index is 553. The maximum Gasteiger partial charge on any atom is 0.282 e. The van der Waals surface area contributed by atoms with Gasteiger partial charge in [0.25, 0.3) is 17.5 Å². The van der Waals surface area contributed by atoms with Gasteiger partial charge in [0.2, 0.25) is 0 Å². The van der Waals surface area contributed by atoms with Crippen molar-refractivity contribution < 1.29 is 14.5 Å². The second-order valence-electron chi connectivity index (χ2n) is 4.19. The first kappa shape index (κ1) is 12.2. The van der Waals surface area contributed by atoms with Crippen LogP contribution in [0.1, 0.15) is 41.0 Å². The first-order valence-corrected chi connectivity index (χ1v) is 5.64. The Balaban J connectivity index is 2.59. The lowest BCUT2D eigenvalue weighted by atomic mass is 10.1. The summed E-state index contributed by atoms with van der Waals surface area (Å²) in [6, 6.07) is 3.84. The van der Waals surface area contributed by atoms with Crippen molar-refractivity contribution in [2.45, 2.75) is 26.3 Å². The minimum atomic E-state index is -0.635. The topological polar surface area (TPSA) is 80.5 Å². The molecule has 1 aliphatic heterocycles. The summed E-state index contributed by atoms with van der Waals surface area (Å²) in [6.45, 7) is 3.59. The number of hydrogen-bond donors (Lipinski definition) is 0. The van der Waals surface area contributed by atoms with E-state index < -0.39 is 16.7 Å². The largest absolute Gasteiger partial charge is 0.282 e. The molecule has 6 nitrogen and oxygen atoms in total. The van der Waals surface area contributed by atoms with Crippen molar-refractivity contribution in [2.24, 2.45) is 0 Å². The molecule has 0 bridgehead atoms. The van der Waals surface area contributed by atoms with E-state index in [1.165, 1.54) is 18.2 Å². The fraction of sp³-hybridized carbons (Fsp3) is 0.333. The molecule has 1 aromatic rings. The number of fused-ring (bicyclic) bond motifs is 1. The maximum atomic E-state index is 12.1. The van der Waals surface area contributed by atoms with Crippen molar-refractivity contribution >= 4 is 17.5 Å². The molecule has 2 amide bonds. The highest BCUT2D eigenvalue weighted by atomic mass is 16.6. The van der Waals surface area contributed by atoms with E-state index in [9.17, 15) is 19.7 Å². The average molecular weight is 248 g/mol. The molecule has 6 heteroatoms. The zero-order valence-electron chi connectivity index (χ0n) is 10.0. The number of carbonyl (C=O) groups is 2. The Morgan fingerprint density at radius 1 is 1.33 bits per heavy atom. The fourth-order valence-corrected chi connectivity index (χ4v) is 2.02. The Morgan fingerprint density at radius 3 is 2.56 bits per heavy atom. The number of rotatable bonds is 3. The monoisotopic (exact) mass is 248 g/mol. The van der Waals surface area contributed by atoms with Crippen molar-refractivity contribution in [3.05, 3.63) is 39.4 Å². The lowest BCUT2D eigenvalue weighted by molar-refractivity contribution is -0.385. The molecule has 0 saturated heterocycles. The molecule has 0 saturated carbocycles. The highest BCUT2D eigenvalue weighted by Crippen LogP contribution is 2.32. The third-order valence-corrected chi connectivity index (χ3v) is 3.15. The van der Waals surface area contributed by atoms with Gasteiger partial charge in [-0.25, -0.2) is 0 Å². The quantitative estimate of drug-likeness (QED) is 0.465. The summed E-state index contributed by atoms with van der Waals surface area (Å²) in [5.74, 6) is -1.02. The second-order valence-corrected chi connectivity index (χ2v) is 4.19. The number of imide groups is 1.